The van der Waals surface area contributed by atoms with Gasteiger partial charge in [-0.25, -0.2) is 0 Å². The predicted molar refractivity (Wildman–Crippen MR) is 63.9 cm³/mol. The Morgan fingerprint density at radius 1 is 1.44 bits per heavy atom. The summed E-state index contributed by atoms with van der Waals surface area (Å²) in [5.74, 6) is 0. The van der Waals surface area contributed by atoms with Crippen LogP contribution in [0.15, 0.2) is 29.4 Å². The molecule has 0 bridgehead atoms. The molecule has 1 unspecified atom stereocenters. The summed E-state index contributed by atoms with van der Waals surface area (Å²) in [5.41, 5.74) is 1.97. The molecule has 3 rings (SSSR count). The Kier molecular flexibility index (Phi) is 2.37. The fourth-order valence-electron chi connectivity index (χ4n) is 2.29. The Morgan fingerprint density at radius 3 is 3.12 bits per heavy atom. The van der Waals surface area contributed by atoms with E-state index in [1.165, 1.54) is 0 Å². The van der Waals surface area contributed by atoms with Crippen LogP contribution in [0.4, 0.5) is 0 Å². The van der Waals surface area contributed by atoms with Crippen LogP contribution in [-0.4, -0.2) is 24.4 Å². The lowest BCUT2D eigenvalue weighted by Gasteiger charge is -2.18. The van der Waals surface area contributed by atoms with Gasteiger partial charge in [0.05, 0.1) is 5.71 Å². The quantitative estimate of drug-likeness (QED) is 0.811. The summed E-state index contributed by atoms with van der Waals surface area (Å²) in [6, 6.07) is 7.77. The van der Waals surface area contributed by atoms with Crippen molar-refractivity contribution in [2.45, 2.75) is 18.4 Å². The summed E-state index contributed by atoms with van der Waals surface area (Å²) >= 11 is 5.97. The molecule has 4 heteroatoms. The smallest absolute Gasteiger partial charge is 0.156 e. The van der Waals surface area contributed by atoms with E-state index in [0.717, 1.165) is 42.2 Å². The number of nitrogens with zero attached hydrogens (tertiary/aromatic N) is 1. The van der Waals surface area contributed by atoms with E-state index in [-0.39, 0.29) is 5.60 Å². The fraction of sp³-hybridized carbons (Fsp3) is 0.417. The maximum absolute atomic E-state index is 5.97. The summed E-state index contributed by atoms with van der Waals surface area (Å²) < 4.78 is 0. The normalized spacial score (nSPS) is 28.2. The van der Waals surface area contributed by atoms with Gasteiger partial charge in [0.1, 0.15) is 0 Å². The molecular formula is C12H13ClN2O. The molecule has 0 radical (unpaired) electrons. The Morgan fingerprint density at radius 2 is 2.38 bits per heavy atom. The summed E-state index contributed by atoms with van der Waals surface area (Å²) in [6.45, 7) is 1.90. The first-order chi connectivity index (χ1) is 7.77. The van der Waals surface area contributed by atoms with Crippen LogP contribution >= 0.6 is 11.6 Å². The lowest BCUT2D eigenvalue weighted by molar-refractivity contribution is -0.00190. The molecule has 2 heterocycles. The predicted octanol–water partition coefficient (Wildman–Crippen LogP) is 2.20. The third-order valence-corrected chi connectivity index (χ3v) is 3.44. The second-order valence-corrected chi connectivity index (χ2v) is 4.86. The second kappa shape index (κ2) is 3.75. The molecular weight excluding hydrogens is 224 g/mol. The number of oxime groups is 1. The van der Waals surface area contributed by atoms with E-state index >= 15 is 0 Å². The first-order valence-corrected chi connectivity index (χ1v) is 5.87. The van der Waals surface area contributed by atoms with Crippen LogP contribution in [-0.2, 0) is 4.84 Å². The van der Waals surface area contributed by atoms with Gasteiger partial charge in [-0.1, -0.05) is 28.9 Å². The SMILES string of the molecule is Clc1cccc(C2=NOC3(CCNC3)C2)c1. The minimum atomic E-state index is -0.0996. The molecule has 16 heavy (non-hydrogen) atoms. The molecule has 1 saturated heterocycles. The number of hydrogen-bond acceptors (Lipinski definition) is 3. The van der Waals surface area contributed by atoms with Gasteiger partial charge in [0.15, 0.2) is 5.60 Å². The molecule has 2 aliphatic rings. The molecule has 1 aromatic rings. The van der Waals surface area contributed by atoms with E-state index in [1.807, 2.05) is 24.3 Å². The molecule has 2 aliphatic heterocycles. The lowest BCUT2D eigenvalue weighted by atomic mass is 9.93. The van der Waals surface area contributed by atoms with Gasteiger partial charge in [-0.05, 0) is 18.7 Å². The van der Waals surface area contributed by atoms with Gasteiger partial charge in [0.25, 0.3) is 0 Å². The van der Waals surface area contributed by atoms with E-state index in [4.69, 9.17) is 16.4 Å². The molecule has 1 N–H and O–H groups in total. The molecule has 0 aliphatic carbocycles. The topological polar surface area (TPSA) is 33.6 Å². The van der Waals surface area contributed by atoms with Crippen molar-refractivity contribution >= 4 is 17.3 Å². The largest absolute Gasteiger partial charge is 0.387 e. The monoisotopic (exact) mass is 236 g/mol. The number of nitrogens with one attached hydrogen (secondary N) is 1. The van der Waals surface area contributed by atoms with Crippen molar-refractivity contribution in [3.8, 4) is 0 Å². The maximum atomic E-state index is 5.97. The van der Waals surface area contributed by atoms with Crippen molar-refractivity contribution in [1.29, 1.82) is 0 Å². The third kappa shape index (κ3) is 1.70. The fourth-order valence-corrected chi connectivity index (χ4v) is 2.48. The molecule has 1 atom stereocenters. The molecule has 84 valence electrons. The average Bonchev–Trinajstić information content (AvgIpc) is 2.90. The van der Waals surface area contributed by atoms with Crippen LogP contribution in [0.25, 0.3) is 0 Å². The van der Waals surface area contributed by atoms with E-state index in [9.17, 15) is 0 Å². The van der Waals surface area contributed by atoms with Crippen molar-refractivity contribution in [3.05, 3.63) is 34.9 Å². The van der Waals surface area contributed by atoms with Crippen molar-refractivity contribution in [2.75, 3.05) is 13.1 Å². The molecule has 0 aromatic heterocycles. The summed E-state index contributed by atoms with van der Waals surface area (Å²) in [4.78, 5) is 5.59. The standard InChI is InChI=1S/C12H13ClN2O/c13-10-3-1-2-9(6-10)11-7-12(16-15-11)4-5-14-8-12/h1-3,6,14H,4-5,7-8H2. The van der Waals surface area contributed by atoms with E-state index in [0.29, 0.717) is 0 Å². The van der Waals surface area contributed by atoms with Gasteiger partial charge >= 0.3 is 0 Å². The van der Waals surface area contributed by atoms with Gasteiger partial charge in [-0.3, -0.25) is 0 Å². The van der Waals surface area contributed by atoms with Gasteiger partial charge in [0, 0.05) is 30.0 Å². The highest BCUT2D eigenvalue weighted by molar-refractivity contribution is 6.31. The Balaban J connectivity index is 1.83. The first kappa shape index (κ1) is 10.1. The zero-order valence-electron chi connectivity index (χ0n) is 8.87. The molecule has 0 amide bonds. The zero-order chi connectivity index (χ0) is 11.0. The van der Waals surface area contributed by atoms with Crippen LogP contribution in [0.3, 0.4) is 0 Å². The van der Waals surface area contributed by atoms with Crippen molar-refractivity contribution < 1.29 is 4.84 Å². The molecule has 0 saturated carbocycles. The highest BCUT2D eigenvalue weighted by Gasteiger charge is 2.42. The second-order valence-electron chi connectivity index (χ2n) is 4.43. The summed E-state index contributed by atoms with van der Waals surface area (Å²) in [5, 5.41) is 8.26. The van der Waals surface area contributed by atoms with Crippen LogP contribution in [0.1, 0.15) is 18.4 Å². The molecule has 1 fully saturated rings. The zero-order valence-corrected chi connectivity index (χ0v) is 9.63. The maximum Gasteiger partial charge on any atom is 0.156 e. The van der Waals surface area contributed by atoms with Crippen LogP contribution in [0, 0.1) is 0 Å². The minimum Gasteiger partial charge on any atom is -0.387 e. The van der Waals surface area contributed by atoms with Gasteiger partial charge in [-0.2, -0.15) is 0 Å². The summed E-state index contributed by atoms with van der Waals surface area (Å²) in [7, 11) is 0. The van der Waals surface area contributed by atoms with Gasteiger partial charge in [-0.15, -0.1) is 0 Å². The average molecular weight is 237 g/mol. The van der Waals surface area contributed by atoms with Crippen LogP contribution in [0.5, 0.6) is 0 Å². The Bertz CT molecular complexity index is 438. The van der Waals surface area contributed by atoms with Gasteiger partial charge < -0.3 is 10.2 Å². The van der Waals surface area contributed by atoms with Crippen molar-refractivity contribution in [3.63, 3.8) is 0 Å². The lowest BCUT2D eigenvalue weighted by Crippen LogP contribution is -2.31. The van der Waals surface area contributed by atoms with E-state index in [2.05, 4.69) is 10.5 Å². The van der Waals surface area contributed by atoms with Gasteiger partial charge in [0.2, 0.25) is 0 Å². The molecule has 3 nitrogen and oxygen atoms in total. The Labute approximate surface area is 99.4 Å². The number of benzene rings is 1. The number of hydrogen-bond donors (Lipinski definition) is 1. The highest BCUT2D eigenvalue weighted by Crippen LogP contribution is 2.32. The highest BCUT2D eigenvalue weighted by atomic mass is 35.5. The summed E-state index contributed by atoms with van der Waals surface area (Å²) in [6.07, 6.45) is 1.90. The van der Waals surface area contributed by atoms with Crippen LogP contribution in [0.2, 0.25) is 5.02 Å². The molecule has 1 spiro atoms. The molecule has 1 aromatic carbocycles. The van der Waals surface area contributed by atoms with Crippen molar-refractivity contribution in [1.82, 2.24) is 5.32 Å². The number of rotatable bonds is 1. The van der Waals surface area contributed by atoms with Crippen LogP contribution < -0.4 is 5.32 Å². The Hall–Kier alpha value is -1.06. The van der Waals surface area contributed by atoms with E-state index < -0.39 is 0 Å². The first-order valence-electron chi connectivity index (χ1n) is 5.49. The number of halogens is 1. The third-order valence-electron chi connectivity index (χ3n) is 3.20. The van der Waals surface area contributed by atoms with Crippen molar-refractivity contribution in [2.24, 2.45) is 5.16 Å². The minimum absolute atomic E-state index is 0.0996. The van der Waals surface area contributed by atoms with E-state index in [1.54, 1.807) is 0 Å².